The van der Waals surface area contributed by atoms with Crippen LogP contribution in [-0.4, -0.2) is 56.0 Å². The topological polar surface area (TPSA) is 87.7 Å². The molecule has 2 fully saturated rings. The zero-order chi connectivity index (χ0) is 21.7. The predicted molar refractivity (Wildman–Crippen MR) is 116 cm³/mol. The summed E-state index contributed by atoms with van der Waals surface area (Å²) in [4.78, 5) is 40.3. The minimum Gasteiger partial charge on any atom is -0.373 e. The second-order valence-corrected chi connectivity index (χ2v) is 8.85. The number of ketones is 1. The SMILES string of the molecule is CC(C)C[C@H](NC(=O)c1cccc(N2CCCC2)c1)C(=O)N[C@@H]1C(=O)COC[C@H]1C. The number of Topliss-reactive ketones (excluding diaryl/α,β-unsaturated/α-hetero) is 1. The van der Waals surface area contributed by atoms with Crippen LogP contribution in [0.4, 0.5) is 5.69 Å². The Morgan fingerprint density at radius 2 is 1.97 bits per heavy atom. The van der Waals surface area contributed by atoms with Gasteiger partial charge in [-0.2, -0.15) is 0 Å². The normalized spacial score (nSPS) is 22.8. The molecular formula is C23H33N3O4. The Morgan fingerprint density at radius 3 is 2.63 bits per heavy atom. The lowest BCUT2D eigenvalue weighted by molar-refractivity contribution is -0.137. The second kappa shape index (κ2) is 10.1. The second-order valence-electron chi connectivity index (χ2n) is 8.85. The molecule has 0 radical (unpaired) electrons. The van der Waals surface area contributed by atoms with E-state index < -0.39 is 12.1 Å². The molecule has 2 aliphatic heterocycles. The van der Waals surface area contributed by atoms with Gasteiger partial charge in [-0.1, -0.05) is 26.8 Å². The van der Waals surface area contributed by atoms with Crippen molar-refractivity contribution in [3.8, 4) is 0 Å². The van der Waals surface area contributed by atoms with Crippen molar-refractivity contribution in [1.29, 1.82) is 0 Å². The van der Waals surface area contributed by atoms with E-state index >= 15 is 0 Å². The summed E-state index contributed by atoms with van der Waals surface area (Å²) in [6.45, 7) is 8.33. The van der Waals surface area contributed by atoms with Crippen LogP contribution in [-0.2, 0) is 14.3 Å². The molecule has 3 rings (SSSR count). The van der Waals surface area contributed by atoms with Gasteiger partial charge in [0.15, 0.2) is 5.78 Å². The molecule has 0 saturated carbocycles. The van der Waals surface area contributed by atoms with Gasteiger partial charge in [0, 0.05) is 30.3 Å². The molecule has 0 unspecified atom stereocenters. The quantitative estimate of drug-likeness (QED) is 0.713. The van der Waals surface area contributed by atoms with Gasteiger partial charge in [-0.15, -0.1) is 0 Å². The summed E-state index contributed by atoms with van der Waals surface area (Å²) in [7, 11) is 0. The minimum absolute atomic E-state index is 0.0137. The number of nitrogens with zero attached hydrogens (tertiary/aromatic N) is 1. The number of amides is 2. The van der Waals surface area contributed by atoms with Crippen LogP contribution in [0.5, 0.6) is 0 Å². The summed E-state index contributed by atoms with van der Waals surface area (Å²) in [5.74, 6) is -0.611. The van der Waals surface area contributed by atoms with Crippen molar-refractivity contribution in [1.82, 2.24) is 10.6 Å². The van der Waals surface area contributed by atoms with Gasteiger partial charge < -0.3 is 20.3 Å². The number of benzene rings is 1. The van der Waals surface area contributed by atoms with E-state index in [0.29, 0.717) is 18.6 Å². The molecular weight excluding hydrogens is 382 g/mol. The maximum Gasteiger partial charge on any atom is 0.252 e. The molecule has 0 aromatic heterocycles. The van der Waals surface area contributed by atoms with E-state index in [-0.39, 0.29) is 36.0 Å². The first kappa shape index (κ1) is 22.3. The van der Waals surface area contributed by atoms with Crippen LogP contribution in [0.25, 0.3) is 0 Å². The highest BCUT2D eigenvalue weighted by atomic mass is 16.5. The molecule has 1 aromatic rings. The van der Waals surface area contributed by atoms with Crippen molar-refractivity contribution < 1.29 is 19.1 Å². The van der Waals surface area contributed by atoms with E-state index in [2.05, 4.69) is 15.5 Å². The lowest BCUT2D eigenvalue weighted by Crippen LogP contribution is -2.56. The highest BCUT2D eigenvalue weighted by molar-refractivity contribution is 5.99. The fraction of sp³-hybridized carbons (Fsp3) is 0.609. The Bertz CT molecular complexity index is 773. The molecule has 2 saturated heterocycles. The fourth-order valence-electron chi connectivity index (χ4n) is 4.09. The number of carbonyl (C=O) groups is 3. The van der Waals surface area contributed by atoms with Crippen LogP contribution in [0.3, 0.4) is 0 Å². The number of nitrogens with one attached hydrogen (secondary N) is 2. The summed E-state index contributed by atoms with van der Waals surface area (Å²) >= 11 is 0. The molecule has 30 heavy (non-hydrogen) atoms. The third-order valence-corrected chi connectivity index (χ3v) is 5.75. The van der Waals surface area contributed by atoms with Crippen molar-refractivity contribution >= 4 is 23.3 Å². The lowest BCUT2D eigenvalue weighted by atomic mass is 9.95. The van der Waals surface area contributed by atoms with E-state index in [9.17, 15) is 14.4 Å². The third-order valence-electron chi connectivity index (χ3n) is 5.75. The largest absolute Gasteiger partial charge is 0.373 e. The van der Waals surface area contributed by atoms with Gasteiger partial charge in [0.25, 0.3) is 5.91 Å². The van der Waals surface area contributed by atoms with Crippen LogP contribution in [0.1, 0.15) is 50.4 Å². The van der Waals surface area contributed by atoms with Gasteiger partial charge in [-0.25, -0.2) is 0 Å². The smallest absolute Gasteiger partial charge is 0.252 e. The molecule has 0 spiro atoms. The molecule has 2 N–H and O–H groups in total. The maximum absolute atomic E-state index is 13.0. The first-order valence-electron chi connectivity index (χ1n) is 10.9. The molecule has 2 aliphatic rings. The van der Waals surface area contributed by atoms with Crippen LogP contribution in [0.2, 0.25) is 0 Å². The molecule has 7 nitrogen and oxygen atoms in total. The van der Waals surface area contributed by atoms with Crippen LogP contribution < -0.4 is 15.5 Å². The van der Waals surface area contributed by atoms with Gasteiger partial charge in [0.2, 0.25) is 5.91 Å². The van der Waals surface area contributed by atoms with Crippen molar-refractivity contribution in [2.45, 2.75) is 52.1 Å². The molecule has 1 aromatic carbocycles. The van der Waals surface area contributed by atoms with E-state index in [4.69, 9.17) is 4.74 Å². The zero-order valence-corrected chi connectivity index (χ0v) is 18.1. The third kappa shape index (κ3) is 5.59. The number of anilines is 1. The van der Waals surface area contributed by atoms with Crippen molar-refractivity contribution in [2.75, 3.05) is 31.2 Å². The van der Waals surface area contributed by atoms with E-state index in [1.165, 1.54) is 0 Å². The molecule has 164 valence electrons. The Hall–Kier alpha value is -2.41. The average Bonchev–Trinajstić information content (AvgIpc) is 3.25. The zero-order valence-electron chi connectivity index (χ0n) is 18.1. The van der Waals surface area contributed by atoms with Gasteiger partial charge in [-0.3, -0.25) is 14.4 Å². The van der Waals surface area contributed by atoms with Crippen LogP contribution in [0, 0.1) is 11.8 Å². The summed E-state index contributed by atoms with van der Waals surface area (Å²) in [5, 5.41) is 5.73. The van der Waals surface area contributed by atoms with Crippen molar-refractivity contribution in [3.63, 3.8) is 0 Å². The lowest BCUT2D eigenvalue weighted by Gasteiger charge is -2.30. The monoisotopic (exact) mass is 415 g/mol. The molecule has 2 heterocycles. The number of hydrogen-bond acceptors (Lipinski definition) is 5. The Kier molecular flexibility index (Phi) is 7.48. The van der Waals surface area contributed by atoms with E-state index in [0.717, 1.165) is 31.6 Å². The first-order valence-corrected chi connectivity index (χ1v) is 10.9. The molecule has 0 aliphatic carbocycles. The summed E-state index contributed by atoms with van der Waals surface area (Å²) in [5.41, 5.74) is 1.57. The first-order chi connectivity index (χ1) is 14.3. The van der Waals surface area contributed by atoms with Gasteiger partial charge in [-0.05, 0) is 43.4 Å². The maximum atomic E-state index is 13.0. The molecule has 0 bridgehead atoms. The summed E-state index contributed by atoms with van der Waals surface area (Å²) in [6.07, 6.45) is 2.82. The minimum atomic E-state index is -0.698. The van der Waals surface area contributed by atoms with Crippen molar-refractivity contribution in [2.24, 2.45) is 11.8 Å². The van der Waals surface area contributed by atoms with Crippen molar-refractivity contribution in [3.05, 3.63) is 29.8 Å². The highest BCUT2D eigenvalue weighted by Crippen LogP contribution is 2.21. The molecule has 3 atom stereocenters. The number of rotatable bonds is 7. The van der Waals surface area contributed by atoms with Crippen LogP contribution >= 0.6 is 0 Å². The number of carbonyl (C=O) groups excluding carboxylic acids is 3. The Labute approximate surface area is 178 Å². The standard InChI is InChI=1S/C23H33N3O4/c1-15(2)11-19(23(29)25-21-16(3)13-30-14-20(21)27)24-22(28)17-7-6-8-18(12-17)26-9-4-5-10-26/h6-8,12,15-16,19,21H,4-5,9-11,13-14H2,1-3H3,(H,24,28)(H,25,29)/t16-,19+,21+/m1/s1. The summed E-state index contributed by atoms with van der Waals surface area (Å²) < 4.78 is 5.23. The molecule has 2 amide bonds. The predicted octanol–water partition coefficient (Wildman–Crippen LogP) is 2.15. The van der Waals surface area contributed by atoms with Crippen LogP contribution in [0.15, 0.2) is 24.3 Å². The molecule has 7 heteroatoms. The number of hydrogen-bond donors (Lipinski definition) is 2. The average molecular weight is 416 g/mol. The summed E-state index contributed by atoms with van der Waals surface area (Å²) in [6, 6.07) is 6.27. The number of ether oxygens (including phenoxy) is 1. The van der Waals surface area contributed by atoms with Gasteiger partial charge in [0.1, 0.15) is 12.6 Å². The highest BCUT2D eigenvalue weighted by Gasteiger charge is 2.33. The van der Waals surface area contributed by atoms with E-state index in [1.807, 2.05) is 39.0 Å². The van der Waals surface area contributed by atoms with Gasteiger partial charge in [0.05, 0.1) is 12.6 Å². The fourth-order valence-corrected chi connectivity index (χ4v) is 4.09. The Balaban J connectivity index is 1.69. The van der Waals surface area contributed by atoms with Gasteiger partial charge >= 0.3 is 0 Å². The van der Waals surface area contributed by atoms with E-state index in [1.54, 1.807) is 6.07 Å². The Morgan fingerprint density at radius 1 is 1.23 bits per heavy atom.